The minimum atomic E-state index is 0.0564. The number of aromatic nitrogens is 2. The van der Waals surface area contributed by atoms with E-state index in [0.29, 0.717) is 18.5 Å². The molecule has 1 aliphatic heterocycles. The third kappa shape index (κ3) is 3.32. The van der Waals surface area contributed by atoms with Crippen LogP contribution in [0.1, 0.15) is 38.4 Å². The number of rotatable bonds is 5. The van der Waals surface area contributed by atoms with Gasteiger partial charge >= 0.3 is 0 Å². The predicted octanol–water partition coefficient (Wildman–Crippen LogP) is 1.08. The highest BCUT2D eigenvalue weighted by molar-refractivity contribution is 5.75. The first-order valence-electron chi connectivity index (χ1n) is 6.67. The predicted molar refractivity (Wildman–Crippen MR) is 70.1 cm³/mol. The average molecular weight is 250 g/mol. The number of amides is 1. The van der Waals surface area contributed by atoms with Gasteiger partial charge in [0, 0.05) is 18.8 Å². The zero-order valence-corrected chi connectivity index (χ0v) is 11.1. The van der Waals surface area contributed by atoms with Gasteiger partial charge in [0.2, 0.25) is 5.91 Å². The van der Waals surface area contributed by atoms with E-state index in [9.17, 15) is 4.79 Å². The molecule has 1 aromatic heterocycles. The summed E-state index contributed by atoms with van der Waals surface area (Å²) in [7, 11) is 0. The van der Waals surface area contributed by atoms with Crippen LogP contribution >= 0.6 is 0 Å². The van der Waals surface area contributed by atoms with Crippen LogP contribution in [0, 0.1) is 5.92 Å². The van der Waals surface area contributed by atoms with Crippen molar-refractivity contribution in [3.63, 3.8) is 0 Å². The third-order valence-electron chi connectivity index (χ3n) is 3.18. The van der Waals surface area contributed by atoms with E-state index < -0.39 is 0 Å². The van der Waals surface area contributed by atoms with E-state index in [1.54, 1.807) is 6.33 Å². The van der Waals surface area contributed by atoms with Crippen molar-refractivity contribution in [1.82, 2.24) is 20.2 Å². The lowest BCUT2D eigenvalue weighted by molar-refractivity contribution is -0.121. The summed E-state index contributed by atoms with van der Waals surface area (Å²) in [5.74, 6) is 0.536. The molecule has 0 spiro atoms. The highest BCUT2D eigenvalue weighted by Crippen LogP contribution is 2.22. The molecule has 5 nitrogen and oxygen atoms in total. The van der Waals surface area contributed by atoms with Gasteiger partial charge in [-0.3, -0.25) is 4.79 Å². The van der Waals surface area contributed by atoms with E-state index in [-0.39, 0.29) is 5.91 Å². The molecule has 1 aromatic rings. The van der Waals surface area contributed by atoms with Crippen molar-refractivity contribution >= 4 is 5.91 Å². The molecular weight excluding hydrogens is 228 g/mol. The Bertz CT molecular complexity index is 393. The van der Waals surface area contributed by atoms with Crippen molar-refractivity contribution < 1.29 is 4.79 Å². The Morgan fingerprint density at radius 2 is 2.50 bits per heavy atom. The fourth-order valence-corrected chi connectivity index (χ4v) is 2.22. The molecule has 1 saturated heterocycles. The fourth-order valence-electron chi connectivity index (χ4n) is 2.22. The number of carbonyl (C=O) groups excluding carboxylic acids is 1. The largest absolute Gasteiger partial charge is 0.354 e. The molecule has 1 atom stereocenters. The zero-order valence-electron chi connectivity index (χ0n) is 11.1. The Morgan fingerprint density at radius 1 is 1.67 bits per heavy atom. The van der Waals surface area contributed by atoms with Crippen LogP contribution < -0.4 is 10.6 Å². The molecule has 2 N–H and O–H groups in total. The van der Waals surface area contributed by atoms with Crippen LogP contribution in [-0.4, -0.2) is 28.5 Å². The molecule has 18 heavy (non-hydrogen) atoms. The van der Waals surface area contributed by atoms with Crippen LogP contribution in [-0.2, 0) is 11.3 Å². The van der Waals surface area contributed by atoms with Crippen LogP contribution in [0.2, 0.25) is 0 Å². The summed E-state index contributed by atoms with van der Waals surface area (Å²) in [4.78, 5) is 16.0. The Morgan fingerprint density at radius 3 is 3.17 bits per heavy atom. The second-order valence-corrected chi connectivity index (χ2v) is 5.29. The summed E-state index contributed by atoms with van der Waals surface area (Å²) < 4.78 is 1.94. The molecule has 1 amide bonds. The van der Waals surface area contributed by atoms with Crippen LogP contribution in [0.25, 0.3) is 0 Å². The summed E-state index contributed by atoms with van der Waals surface area (Å²) >= 11 is 0. The van der Waals surface area contributed by atoms with Gasteiger partial charge in [-0.15, -0.1) is 0 Å². The van der Waals surface area contributed by atoms with Gasteiger partial charge in [0.1, 0.15) is 6.54 Å². The summed E-state index contributed by atoms with van der Waals surface area (Å²) in [5, 5.41) is 6.36. The fraction of sp³-hybridized carbons (Fsp3) is 0.692. The van der Waals surface area contributed by atoms with Gasteiger partial charge in [0.15, 0.2) is 0 Å². The van der Waals surface area contributed by atoms with E-state index in [1.165, 1.54) is 6.42 Å². The highest BCUT2D eigenvalue weighted by atomic mass is 16.1. The lowest BCUT2D eigenvalue weighted by Crippen LogP contribution is -2.31. The van der Waals surface area contributed by atoms with Gasteiger partial charge in [-0.05, 0) is 25.3 Å². The molecule has 0 unspecified atom stereocenters. The SMILES string of the molecule is CC(C)CNC(=O)Cn1cncc1[C@@H]1CCCN1. The smallest absolute Gasteiger partial charge is 0.239 e. The molecule has 0 radical (unpaired) electrons. The van der Waals surface area contributed by atoms with Crippen molar-refractivity contribution in [2.24, 2.45) is 5.92 Å². The molecule has 1 fully saturated rings. The lowest BCUT2D eigenvalue weighted by atomic mass is 10.2. The first-order chi connectivity index (χ1) is 8.66. The number of hydrogen-bond donors (Lipinski definition) is 2. The maximum Gasteiger partial charge on any atom is 0.239 e. The molecule has 0 aliphatic carbocycles. The first kappa shape index (κ1) is 13.1. The molecule has 1 aliphatic rings. The van der Waals surface area contributed by atoms with Crippen molar-refractivity contribution in [2.75, 3.05) is 13.1 Å². The monoisotopic (exact) mass is 250 g/mol. The number of nitrogens with zero attached hydrogens (tertiary/aromatic N) is 2. The molecular formula is C13H22N4O. The zero-order chi connectivity index (χ0) is 13.0. The topological polar surface area (TPSA) is 59.0 Å². The van der Waals surface area contributed by atoms with Gasteiger partial charge in [0.25, 0.3) is 0 Å². The van der Waals surface area contributed by atoms with Crippen molar-refractivity contribution in [2.45, 2.75) is 39.3 Å². The molecule has 0 aromatic carbocycles. The van der Waals surface area contributed by atoms with Crippen molar-refractivity contribution in [3.05, 3.63) is 18.2 Å². The molecule has 100 valence electrons. The van der Waals surface area contributed by atoms with Gasteiger partial charge in [-0.1, -0.05) is 13.8 Å². The van der Waals surface area contributed by atoms with E-state index >= 15 is 0 Å². The standard InChI is InChI=1S/C13H22N4O/c1-10(2)6-16-13(18)8-17-9-14-7-12(17)11-4-3-5-15-11/h7,9-11,15H,3-6,8H2,1-2H3,(H,16,18)/t11-/m0/s1. The summed E-state index contributed by atoms with van der Waals surface area (Å²) in [5.41, 5.74) is 1.12. The summed E-state index contributed by atoms with van der Waals surface area (Å²) in [6.07, 6.45) is 5.91. The normalized spacial score (nSPS) is 19.4. The average Bonchev–Trinajstić information content (AvgIpc) is 2.95. The summed E-state index contributed by atoms with van der Waals surface area (Å²) in [6, 6.07) is 0.352. The second-order valence-electron chi connectivity index (χ2n) is 5.29. The van der Waals surface area contributed by atoms with Crippen LogP contribution in [0.4, 0.5) is 0 Å². The highest BCUT2D eigenvalue weighted by Gasteiger charge is 2.20. The van der Waals surface area contributed by atoms with Crippen molar-refractivity contribution in [3.8, 4) is 0 Å². The first-order valence-corrected chi connectivity index (χ1v) is 6.67. The molecule has 2 rings (SSSR count). The molecule has 2 heterocycles. The summed E-state index contributed by atoms with van der Waals surface area (Å²) in [6.45, 7) is 6.32. The second kappa shape index (κ2) is 6.00. The van der Waals surface area contributed by atoms with Crippen LogP contribution in [0.3, 0.4) is 0 Å². The van der Waals surface area contributed by atoms with E-state index in [2.05, 4.69) is 29.5 Å². The van der Waals surface area contributed by atoms with Gasteiger partial charge in [-0.25, -0.2) is 4.98 Å². The molecule has 0 bridgehead atoms. The molecule has 5 heteroatoms. The van der Waals surface area contributed by atoms with E-state index in [4.69, 9.17) is 0 Å². The Kier molecular flexibility index (Phi) is 4.36. The van der Waals surface area contributed by atoms with Crippen molar-refractivity contribution in [1.29, 1.82) is 0 Å². The Labute approximate surface area is 108 Å². The minimum Gasteiger partial charge on any atom is -0.354 e. The Hall–Kier alpha value is -1.36. The number of imidazole rings is 1. The Balaban J connectivity index is 1.92. The van der Waals surface area contributed by atoms with Gasteiger partial charge in [-0.2, -0.15) is 0 Å². The maximum absolute atomic E-state index is 11.8. The third-order valence-corrected chi connectivity index (χ3v) is 3.18. The number of carbonyl (C=O) groups is 1. The number of hydrogen-bond acceptors (Lipinski definition) is 3. The lowest BCUT2D eigenvalue weighted by Gasteiger charge is -2.14. The number of nitrogens with one attached hydrogen (secondary N) is 2. The van der Waals surface area contributed by atoms with Crippen LogP contribution in [0.5, 0.6) is 0 Å². The van der Waals surface area contributed by atoms with Gasteiger partial charge in [0.05, 0.1) is 12.0 Å². The van der Waals surface area contributed by atoms with Crippen LogP contribution in [0.15, 0.2) is 12.5 Å². The quantitative estimate of drug-likeness (QED) is 0.822. The van der Waals surface area contributed by atoms with E-state index in [1.807, 2.05) is 10.8 Å². The maximum atomic E-state index is 11.8. The molecule has 0 saturated carbocycles. The van der Waals surface area contributed by atoms with Gasteiger partial charge < -0.3 is 15.2 Å². The minimum absolute atomic E-state index is 0.0564. The van der Waals surface area contributed by atoms with E-state index in [0.717, 1.165) is 25.2 Å².